The fourth-order valence-corrected chi connectivity index (χ4v) is 2.75. The van der Waals surface area contributed by atoms with Crippen molar-refractivity contribution in [1.29, 1.82) is 0 Å². The van der Waals surface area contributed by atoms with E-state index in [-0.39, 0.29) is 17.7 Å². The first-order valence-corrected chi connectivity index (χ1v) is 8.84. The van der Waals surface area contributed by atoms with Crippen LogP contribution in [0.25, 0.3) is 0 Å². The highest BCUT2D eigenvalue weighted by Gasteiger charge is 2.19. The molecule has 0 aliphatic rings. The Kier molecular flexibility index (Phi) is 5.96. The molecule has 138 valence electrons. The lowest BCUT2D eigenvalue weighted by Gasteiger charge is -2.10. The molecule has 8 nitrogen and oxygen atoms in total. The zero-order valence-electron chi connectivity index (χ0n) is 13.7. The number of aliphatic imine (C=N–C) groups is 1. The monoisotopic (exact) mass is 379 g/mol. The van der Waals surface area contributed by atoms with Gasteiger partial charge in [-0.05, 0) is 11.6 Å². The Hall–Kier alpha value is -2.91. The van der Waals surface area contributed by atoms with Crippen molar-refractivity contribution in [3.63, 3.8) is 0 Å². The number of carboxylic acid groups (broad SMARTS) is 1. The molecular weight excluding hydrogens is 362 g/mol. The van der Waals surface area contributed by atoms with Gasteiger partial charge in [-0.15, -0.1) is 0 Å². The number of carboxylic acids is 1. The van der Waals surface area contributed by atoms with Gasteiger partial charge in [0.15, 0.2) is 17.5 Å². The largest absolute Gasteiger partial charge is 0.504 e. The Balaban J connectivity index is 2.39. The van der Waals surface area contributed by atoms with E-state index < -0.39 is 32.8 Å². The molecule has 2 rings (SSSR count). The molecule has 0 unspecified atom stereocenters. The molecule has 2 aromatic rings. The van der Waals surface area contributed by atoms with Crippen molar-refractivity contribution in [2.75, 3.05) is 7.11 Å². The Labute approximate surface area is 150 Å². The number of phenols is 1. The zero-order chi connectivity index (χ0) is 19.3. The lowest BCUT2D eigenvalue weighted by molar-refractivity contribution is -0.138. The molecule has 0 radical (unpaired) electrons. The molecule has 0 bridgehead atoms. The zero-order valence-corrected chi connectivity index (χ0v) is 14.5. The third-order valence-electron chi connectivity index (χ3n) is 3.55. The normalized spacial score (nSPS) is 12.8. The maximum Gasteiger partial charge on any atom is 0.328 e. The van der Waals surface area contributed by atoms with Crippen molar-refractivity contribution in [2.45, 2.75) is 17.4 Å². The van der Waals surface area contributed by atoms with E-state index in [1.807, 2.05) is 0 Å². The minimum absolute atomic E-state index is 0.101. The molecule has 1 atom stereocenters. The highest BCUT2D eigenvalue weighted by molar-refractivity contribution is 7.85. The molecule has 0 aromatic heterocycles. The topological polar surface area (TPSA) is 133 Å². The lowest BCUT2D eigenvalue weighted by Crippen LogP contribution is -2.21. The van der Waals surface area contributed by atoms with Crippen molar-refractivity contribution >= 4 is 22.3 Å². The first-order chi connectivity index (χ1) is 12.2. The van der Waals surface area contributed by atoms with E-state index in [1.54, 1.807) is 30.3 Å². The van der Waals surface area contributed by atoms with Gasteiger partial charge in [0.05, 0.1) is 12.0 Å². The van der Waals surface area contributed by atoms with Crippen LogP contribution in [0, 0.1) is 0 Å². The molecule has 9 heteroatoms. The molecule has 26 heavy (non-hydrogen) atoms. The fourth-order valence-electron chi connectivity index (χ4n) is 2.22. The van der Waals surface area contributed by atoms with Crippen LogP contribution in [0.5, 0.6) is 11.5 Å². The third kappa shape index (κ3) is 4.80. The second kappa shape index (κ2) is 7.98. The Morgan fingerprint density at radius 3 is 2.46 bits per heavy atom. The SMILES string of the molecule is COc1cc(S(=O)(=O)O)cc(C=N[C@@H](Cc2ccccc2)C(=O)O)c1O. The van der Waals surface area contributed by atoms with Crippen LogP contribution >= 0.6 is 0 Å². The number of rotatable bonds is 7. The van der Waals surface area contributed by atoms with E-state index in [0.717, 1.165) is 23.9 Å². The van der Waals surface area contributed by atoms with Crippen molar-refractivity contribution in [3.05, 3.63) is 53.6 Å². The number of hydrogen-bond acceptors (Lipinski definition) is 6. The summed E-state index contributed by atoms with van der Waals surface area (Å²) < 4.78 is 36.7. The average molecular weight is 379 g/mol. The van der Waals surface area contributed by atoms with Gasteiger partial charge < -0.3 is 14.9 Å². The molecule has 0 aliphatic carbocycles. The van der Waals surface area contributed by atoms with Crippen LogP contribution in [0.4, 0.5) is 0 Å². The smallest absolute Gasteiger partial charge is 0.328 e. The maximum absolute atomic E-state index is 11.4. The van der Waals surface area contributed by atoms with Gasteiger partial charge >= 0.3 is 5.97 Å². The molecule has 0 spiro atoms. The molecule has 0 saturated carbocycles. The van der Waals surface area contributed by atoms with Crippen molar-refractivity contribution in [3.8, 4) is 11.5 Å². The summed E-state index contributed by atoms with van der Waals surface area (Å²) in [5.41, 5.74) is 0.654. The predicted octanol–water partition coefficient (Wildman–Crippen LogP) is 1.76. The van der Waals surface area contributed by atoms with E-state index >= 15 is 0 Å². The number of methoxy groups -OCH3 is 1. The average Bonchev–Trinajstić information content (AvgIpc) is 2.59. The van der Waals surface area contributed by atoms with E-state index in [4.69, 9.17) is 4.74 Å². The summed E-state index contributed by atoms with van der Waals surface area (Å²) in [4.78, 5) is 14.8. The summed E-state index contributed by atoms with van der Waals surface area (Å²) in [7, 11) is -3.34. The number of ether oxygens (including phenoxy) is 1. The number of nitrogens with zero attached hydrogens (tertiary/aromatic N) is 1. The molecule has 0 amide bonds. The summed E-state index contributed by atoms with van der Waals surface area (Å²) in [6, 6.07) is 9.62. The van der Waals surface area contributed by atoms with E-state index in [2.05, 4.69) is 4.99 Å². The first kappa shape index (κ1) is 19.4. The molecule has 2 aromatic carbocycles. The number of aromatic hydroxyl groups is 1. The van der Waals surface area contributed by atoms with Gasteiger partial charge in [0.1, 0.15) is 0 Å². The lowest BCUT2D eigenvalue weighted by atomic mass is 10.1. The van der Waals surface area contributed by atoms with E-state index in [1.165, 1.54) is 7.11 Å². The van der Waals surface area contributed by atoms with Gasteiger partial charge in [-0.1, -0.05) is 30.3 Å². The molecule has 0 heterocycles. The van der Waals surface area contributed by atoms with E-state index in [9.17, 15) is 28.0 Å². The number of carbonyl (C=O) groups is 1. The number of benzene rings is 2. The summed E-state index contributed by atoms with van der Waals surface area (Å²) in [6.45, 7) is 0. The fraction of sp³-hybridized carbons (Fsp3) is 0.176. The minimum Gasteiger partial charge on any atom is -0.504 e. The van der Waals surface area contributed by atoms with Crippen LogP contribution in [0.1, 0.15) is 11.1 Å². The van der Waals surface area contributed by atoms with Gasteiger partial charge in [-0.3, -0.25) is 9.55 Å². The van der Waals surface area contributed by atoms with Crippen LogP contribution in [0.15, 0.2) is 52.4 Å². The molecular formula is C17H17NO7S. The molecule has 0 aliphatic heterocycles. The third-order valence-corrected chi connectivity index (χ3v) is 4.38. The van der Waals surface area contributed by atoms with Gasteiger partial charge in [0.25, 0.3) is 10.1 Å². The van der Waals surface area contributed by atoms with Crippen molar-refractivity contribution in [2.24, 2.45) is 4.99 Å². The molecule has 3 N–H and O–H groups in total. The van der Waals surface area contributed by atoms with Gasteiger partial charge in [-0.25, -0.2) is 4.79 Å². The standard InChI is InChI=1S/C17H17NO7S/c1-25-15-9-13(26(22,23)24)8-12(16(15)19)10-18-14(17(20)21)7-11-5-3-2-4-6-11/h2-6,8-10,14,19H,7H2,1H3,(H,20,21)(H,22,23,24)/t14-/m0/s1. The van der Waals surface area contributed by atoms with Gasteiger partial charge in [-0.2, -0.15) is 8.42 Å². The van der Waals surface area contributed by atoms with Gasteiger partial charge in [0, 0.05) is 24.3 Å². The summed E-state index contributed by atoms with van der Waals surface area (Å²) >= 11 is 0. The van der Waals surface area contributed by atoms with Crippen molar-refractivity contribution in [1.82, 2.24) is 0 Å². The second-order valence-electron chi connectivity index (χ2n) is 5.36. The highest BCUT2D eigenvalue weighted by Crippen LogP contribution is 2.32. The maximum atomic E-state index is 11.4. The summed E-state index contributed by atoms with van der Waals surface area (Å²) in [6.07, 6.45) is 1.15. The Bertz CT molecular complexity index is 924. The molecule has 0 saturated heterocycles. The highest BCUT2D eigenvalue weighted by atomic mass is 32.2. The van der Waals surface area contributed by atoms with Crippen LogP contribution in [0.2, 0.25) is 0 Å². The summed E-state index contributed by atoms with van der Waals surface area (Å²) in [5, 5.41) is 19.4. The second-order valence-corrected chi connectivity index (χ2v) is 6.78. The Morgan fingerprint density at radius 2 is 1.92 bits per heavy atom. The van der Waals surface area contributed by atoms with Gasteiger partial charge in [0.2, 0.25) is 0 Å². The van der Waals surface area contributed by atoms with Crippen LogP contribution in [0.3, 0.4) is 0 Å². The van der Waals surface area contributed by atoms with Crippen LogP contribution < -0.4 is 4.74 Å². The predicted molar refractivity (Wildman–Crippen MR) is 93.6 cm³/mol. The van der Waals surface area contributed by atoms with E-state index in [0.29, 0.717) is 0 Å². The minimum atomic E-state index is -4.55. The number of phenolic OH excluding ortho intramolecular Hbond substituents is 1. The van der Waals surface area contributed by atoms with Crippen LogP contribution in [-0.4, -0.2) is 48.5 Å². The number of hydrogen-bond donors (Lipinski definition) is 3. The molecule has 0 fully saturated rings. The summed E-state index contributed by atoms with van der Waals surface area (Å²) in [5.74, 6) is -1.80. The Morgan fingerprint density at radius 1 is 1.27 bits per heavy atom. The van der Waals surface area contributed by atoms with Crippen LogP contribution in [-0.2, 0) is 21.3 Å². The quantitative estimate of drug-likeness (QED) is 0.493. The van der Waals surface area contributed by atoms with Crippen molar-refractivity contribution < 1.29 is 32.7 Å². The first-order valence-electron chi connectivity index (χ1n) is 7.40. The number of aliphatic carboxylic acids is 1.